The standard InChI is InChI=1S/C19H24N6O.ClH/c1-14-5-7-15(8-6-14)12-20-18-22-19-21-16(11-17(26)25(19)23-18)13-24-9-3-2-4-10-24;/h5-8,11H,2-4,9-10,12-13H2,1H3,(H2,20,21,22,23);1H. The number of aromatic nitrogens is 4. The number of benzene rings is 1. The number of aromatic amines is 1. The van der Waals surface area contributed by atoms with Gasteiger partial charge in [0.15, 0.2) is 0 Å². The first-order chi connectivity index (χ1) is 12.7. The number of hydrogen-bond acceptors (Lipinski definition) is 5. The number of anilines is 1. The van der Waals surface area contributed by atoms with Gasteiger partial charge >= 0.3 is 0 Å². The van der Waals surface area contributed by atoms with Crippen molar-refractivity contribution in [2.75, 3.05) is 18.4 Å². The Kier molecular flexibility index (Phi) is 6.13. The zero-order chi connectivity index (χ0) is 17.9. The van der Waals surface area contributed by atoms with Crippen molar-refractivity contribution in [3.05, 3.63) is 57.5 Å². The minimum absolute atomic E-state index is 0. The number of piperidine rings is 1. The van der Waals surface area contributed by atoms with Crippen LogP contribution < -0.4 is 10.9 Å². The lowest BCUT2D eigenvalue weighted by molar-refractivity contribution is 0.218. The second-order valence-electron chi connectivity index (χ2n) is 6.97. The van der Waals surface area contributed by atoms with Gasteiger partial charge in [-0.2, -0.15) is 9.50 Å². The molecule has 1 aromatic carbocycles. The average molecular weight is 389 g/mol. The largest absolute Gasteiger partial charge is 0.351 e. The third kappa shape index (κ3) is 4.67. The Morgan fingerprint density at radius 1 is 1.11 bits per heavy atom. The maximum atomic E-state index is 12.4. The van der Waals surface area contributed by atoms with E-state index in [9.17, 15) is 4.79 Å². The van der Waals surface area contributed by atoms with E-state index in [1.807, 2.05) is 0 Å². The number of likely N-dealkylation sites (tertiary alicyclic amines) is 1. The Labute approximate surface area is 164 Å². The summed E-state index contributed by atoms with van der Waals surface area (Å²) in [5, 5.41) is 6.20. The molecule has 1 aliphatic heterocycles. The summed E-state index contributed by atoms with van der Waals surface area (Å²) in [6, 6.07) is 9.91. The van der Waals surface area contributed by atoms with Crippen molar-refractivity contribution in [1.82, 2.24) is 24.5 Å². The van der Waals surface area contributed by atoms with Crippen LogP contribution in [0.5, 0.6) is 0 Å². The van der Waals surface area contributed by atoms with Crippen molar-refractivity contribution in [1.29, 1.82) is 0 Å². The summed E-state index contributed by atoms with van der Waals surface area (Å²) in [6.45, 7) is 5.56. The van der Waals surface area contributed by atoms with Gasteiger partial charge in [-0.1, -0.05) is 36.2 Å². The molecule has 0 amide bonds. The van der Waals surface area contributed by atoms with Crippen LogP contribution in [0.4, 0.5) is 5.95 Å². The van der Waals surface area contributed by atoms with Crippen LogP contribution in [0.15, 0.2) is 35.1 Å². The summed E-state index contributed by atoms with van der Waals surface area (Å²) in [5.41, 5.74) is 3.04. The Bertz CT molecular complexity index is 943. The van der Waals surface area contributed by atoms with Gasteiger partial charge in [-0.15, -0.1) is 12.4 Å². The molecule has 2 aromatic heterocycles. The third-order valence-corrected chi connectivity index (χ3v) is 4.80. The van der Waals surface area contributed by atoms with E-state index in [0.717, 1.165) is 24.3 Å². The first-order valence-corrected chi connectivity index (χ1v) is 9.18. The molecular weight excluding hydrogens is 364 g/mol. The lowest BCUT2D eigenvalue weighted by Gasteiger charge is -2.25. The predicted molar refractivity (Wildman–Crippen MR) is 108 cm³/mol. The molecule has 4 rings (SSSR count). The highest BCUT2D eigenvalue weighted by molar-refractivity contribution is 5.85. The Hall–Kier alpha value is -2.38. The summed E-state index contributed by atoms with van der Waals surface area (Å²) in [5.74, 6) is 0.959. The van der Waals surface area contributed by atoms with Crippen molar-refractivity contribution in [2.24, 2.45) is 0 Å². The Morgan fingerprint density at radius 2 is 1.85 bits per heavy atom. The van der Waals surface area contributed by atoms with Gasteiger partial charge in [0.05, 0.1) is 5.69 Å². The molecule has 7 nitrogen and oxygen atoms in total. The first kappa shape index (κ1) is 19.4. The van der Waals surface area contributed by atoms with Gasteiger partial charge in [0.1, 0.15) is 0 Å². The summed E-state index contributed by atoms with van der Waals surface area (Å²) in [7, 11) is 0. The number of aryl methyl sites for hydroxylation is 1. The van der Waals surface area contributed by atoms with E-state index in [0.29, 0.717) is 24.8 Å². The maximum absolute atomic E-state index is 12.4. The summed E-state index contributed by atoms with van der Waals surface area (Å²) >= 11 is 0. The van der Waals surface area contributed by atoms with Crippen molar-refractivity contribution < 1.29 is 0 Å². The van der Waals surface area contributed by atoms with Gasteiger partial charge in [0.25, 0.3) is 11.3 Å². The molecule has 0 radical (unpaired) electrons. The minimum atomic E-state index is -0.127. The number of fused-ring (bicyclic) bond motifs is 1. The quantitative estimate of drug-likeness (QED) is 0.702. The monoisotopic (exact) mass is 388 g/mol. The molecule has 2 N–H and O–H groups in total. The maximum Gasteiger partial charge on any atom is 0.274 e. The van der Waals surface area contributed by atoms with Gasteiger partial charge in [-0.05, 0) is 38.4 Å². The summed E-state index contributed by atoms with van der Waals surface area (Å²) in [4.78, 5) is 23.7. The molecule has 0 saturated carbocycles. The topological polar surface area (TPSA) is 78.3 Å². The molecule has 1 fully saturated rings. The first-order valence-electron chi connectivity index (χ1n) is 9.18. The van der Waals surface area contributed by atoms with Crippen LogP contribution in [0.3, 0.4) is 0 Å². The van der Waals surface area contributed by atoms with E-state index in [1.165, 1.54) is 29.3 Å². The zero-order valence-corrected chi connectivity index (χ0v) is 16.3. The number of nitrogens with one attached hydrogen (secondary N) is 2. The Morgan fingerprint density at radius 3 is 2.59 bits per heavy atom. The second-order valence-corrected chi connectivity index (χ2v) is 6.97. The fourth-order valence-electron chi connectivity index (χ4n) is 3.33. The van der Waals surface area contributed by atoms with Gasteiger partial charge in [0.2, 0.25) is 5.95 Å². The number of rotatable bonds is 5. The van der Waals surface area contributed by atoms with Crippen LogP contribution in [-0.4, -0.2) is 37.6 Å². The highest BCUT2D eigenvalue weighted by Crippen LogP contribution is 2.12. The normalized spacial score (nSPS) is 14.9. The van der Waals surface area contributed by atoms with Crippen molar-refractivity contribution in [3.63, 3.8) is 0 Å². The molecule has 1 aliphatic rings. The van der Waals surface area contributed by atoms with Crippen molar-refractivity contribution >= 4 is 24.1 Å². The molecule has 27 heavy (non-hydrogen) atoms. The number of nitrogens with zero attached hydrogens (tertiary/aromatic N) is 4. The number of hydrogen-bond donors (Lipinski definition) is 2. The summed E-state index contributed by atoms with van der Waals surface area (Å²) < 4.78 is 1.39. The van der Waals surface area contributed by atoms with Crippen molar-refractivity contribution in [2.45, 2.75) is 39.3 Å². The smallest absolute Gasteiger partial charge is 0.274 e. The predicted octanol–water partition coefficient (Wildman–Crippen LogP) is 2.75. The fraction of sp³-hybridized carbons (Fsp3) is 0.421. The molecule has 3 aromatic rings. The molecule has 8 heteroatoms. The Balaban J connectivity index is 0.00000210. The average Bonchev–Trinajstić information content (AvgIpc) is 3.06. The lowest BCUT2D eigenvalue weighted by atomic mass is 10.1. The SMILES string of the molecule is Cc1ccc(CNc2nc3nc(CN4CCCCC4)cc(=O)n3[nH]2)cc1.Cl. The molecule has 0 unspecified atom stereocenters. The van der Waals surface area contributed by atoms with Gasteiger partial charge in [-0.25, -0.2) is 4.98 Å². The molecule has 1 saturated heterocycles. The summed E-state index contributed by atoms with van der Waals surface area (Å²) in [6.07, 6.45) is 3.73. The third-order valence-electron chi connectivity index (χ3n) is 4.80. The van der Waals surface area contributed by atoms with Crippen LogP contribution in [0, 0.1) is 6.92 Å². The molecule has 144 valence electrons. The van der Waals surface area contributed by atoms with Crippen LogP contribution in [0.25, 0.3) is 5.78 Å². The van der Waals surface area contributed by atoms with Crippen LogP contribution in [0.2, 0.25) is 0 Å². The molecule has 0 atom stereocenters. The minimum Gasteiger partial charge on any atom is -0.351 e. The number of halogens is 1. The van der Waals surface area contributed by atoms with E-state index in [2.05, 4.69) is 56.5 Å². The molecule has 0 spiro atoms. The molecule has 3 heterocycles. The van der Waals surface area contributed by atoms with E-state index in [1.54, 1.807) is 6.07 Å². The van der Waals surface area contributed by atoms with Crippen LogP contribution >= 0.6 is 12.4 Å². The molecular formula is C19H25ClN6O. The van der Waals surface area contributed by atoms with Crippen LogP contribution in [-0.2, 0) is 13.1 Å². The van der Waals surface area contributed by atoms with E-state index < -0.39 is 0 Å². The van der Waals surface area contributed by atoms with E-state index >= 15 is 0 Å². The van der Waals surface area contributed by atoms with E-state index in [4.69, 9.17) is 0 Å². The molecule has 0 aliphatic carbocycles. The number of H-pyrrole nitrogens is 1. The van der Waals surface area contributed by atoms with Gasteiger partial charge in [-0.3, -0.25) is 14.8 Å². The van der Waals surface area contributed by atoms with Gasteiger partial charge in [0, 0.05) is 19.2 Å². The fourth-order valence-corrected chi connectivity index (χ4v) is 3.33. The highest BCUT2D eigenvalue weighted by atomic mass is 35.5. The second kappa shape index (κ2) is 8.54. The van der Waals surface area contributed by atoms with Gasteiger partial charge < -0.3 is 5.32 Å². The zero-order valence-electron chi connectivity index (χ0n) is 15.4. The lowest BCUT2D eigenvalue weighted by Crippen LogP contribution is -2.30. The highest BCUT2D eigenvalue weighted by Gasteiger charge is 2.13. The van der Waals surface area contributed by atoms with Crippen molar-refractivity contribution in [3.8, 4) is 0 Å². The van der Waals surface area contributed by atoms with E-state index in [-0.39, 0.29) is 18.0 Å². The molecule has 0 bridgehead atoms. The van der Waals surface area contributed by atoms with Crippen LogP contribution in [0.1, 0.15) is 36.1 Å².